The second kappa shape index (κ2) is 3.31. The summed E-state index contributed by atoms with van der Waals surface area (Å²) in [5, 5.41) is 3.56. The van der Waals surface area contributed by atoms with Gasteiger partial charge in [-0.25, -0.2) is 0 Å². The van der Waals surface area contributed by atoms with Gasteiger partial charge in [-0.15, -0.1) is 0 Å². The number of rotatable bonds is 1. The van der Waals surface area contributed by atoms with Gasteiger partial charge in [-0.2, -0.15) is 0 Å². The fraction of sp³-hybridized carbons (Fsp3) is 0.600. The quantitative estimate of drug-likeness (QED) is 0.691. The number of nitrogens with one attached hydrogen (secondary N) is 1. The molecule has 1 aliphatic heterocycles. The molecule has 2 nitrogen and oxygen atoms in total. The van der Waals surface area contributed by atoms with Crippen LogP contribution in [0.4, 0.5) is 0 Å². The van der Waals surface area contributed by atoms with Gasteiger partial charge in [0.15, 0.2) is 0 Å². The molecule has 1 aliphatic rings. The van der Waals surface area contributed by atoms with Crippen LogP contribution in [0.2, 0.25) is 0 Å². The first-order valence-electron chi connectivity index (χ1n) is 4.64. The van der Waals surface area contributed by atoms with Crippen LogP contribution in [-0.2, 0) is 0 Å². The highest BCUT2D eigenvalue weighted by Gasteiger charge is 2.19. The lowest BCUT2D eigenvalue weighted by atomic mass is 9.96. The Morgan fingerprint density at radius 3 is 3.08 bits per heavy atom. The van der Waals surface area contributed by atoms with Gasteiger partial charge in [0, 0.05) is 17.6 Å². The molecule has 66 valence electrons. The maximum atomic E-state index is 5.06. The molecule has 12 heavy (non-hydrogen) atoms. The Kier molecular flexibility index (Phi) is 2.17. The van der Waals surface area contributed by atoms with Gasteiger partial charge in [-0.3, -0.25) is 0 Å². The Morgan fingerprint density at radius 1 is 1.50 bits per heavy atom. The van der Waals surface area contributed by atoms with Crippen LogP contribution in [0.3, 0.4) is 0 Å². The van der Waals surface area contributed by atoms with Crippen LogP contribution in [0.25, 0.3) is 0 Å². The average molecular weight is 165 g/mol. The van der Waals surface area contributed by atoms with Crippen molar-refractivity contribution >= 4 is 0 Å². The fourth-order valence-corrected chi connectivity index (χ4v) is 1.87. The molecule has 0 unspecified atom stereocenters. The van der Waals surface area contributed by atoms with E-state index in [4.69, 9.17) is 4.42 Å². The number of hydrogen-bond acceptors (Lipinski definition) is 2. The van der Waals surface area contributed by atoms with Gasteiger partial charge < -0.3 is 9.73 Å². The van der Waals surface area contributed by atoms with E-state index in [-0.39, 0.29) is 0 Å². The summed E-state index contributed by atoms with van der Waals surface area (Å²) in [7, 11) is 0. The maximum Gasteiger partial charge on any atom is 0.0950 e. The predicted octanol–water partition coefficient (Wildman–Crippen LogP) is 2.48. The molecule has 2 heterocycles. The first kappa shape index (κ1) is 7.87. The Labute approximate surface area is 73.0 Å². The van der Waals surface area contributed by atoms with Crippen molar-refractivity contribution in [2.24, 2.45) is 0 Å². The first-order chi connectivity index (χ1) is 5.86. The summed E-state index contributed by atoms with van der Waals surface area (Å²) in [6, 6.07) is 3.22. The van der Waals surface area contributed by atoms with E-state index in [1.165, 1.54) is 24.8 Å². The SMILES string of the molecule is C[C@@H]1CCC[C@H](c2ccoc2)N1. The molecule has 1 N–H and O–H groups in total. The molecule has 2 rings (SSSR count). The largest absolute Gasteiger partial charge is 0.472 e. The summed E-state index contributed by atoms with van der Waals surface area (Å²) in [6.07, 6.45) is 7.45. The monoisotopic (exact) mass is 165 g/mol. The minimum Gasteiger partial charge on any atom is -0.472 e. The number of piperidine rings is 1. The van der Waals surface area contributed by atoms with E-state index in [2.05, 4.69) is 18.3 Å². The van der Waals surface area contributed by atoms with E-state index in [9.17, 15) is 0 Å². The highest BCUT2D eigenvalue weighted by molar-refractivity contribution is 5.12. The van der Waals surface area contributed by atoms with Crippen LogP contribution in [0.15, 0.2) is 23.0 Å². The van der Waals surface area contributed by atoms with Crippen LogP contribution >= 0.6 is 0 Å². The van der Waals surface area contributed by atoms with Crippen molar-refractivity contribution in [3.8, 4) is 0 Å². The van der Waals surface area contributed by atoms with E-state index < -0.39 is 0 Å². The molecule has 0 aliphatic carbocycles. The van der Waals surface area contributed by atoms with Crippen molar-refractivity contribution in [2.45, 2.75) is 38.3 Å². The van der Waals surface area contributed by atoms with Crippen molar-refractivity contribution in [3.63, 3.8) is 0 Å². The van der Waals surface area contributed by atoms with Crippen molar-refractivity contribution in [1.82, 2.24) is 5.32 Å². The molecule has 0 saturated carbocycles. The number of furan rings is 1. The molecule has 1 fully saturated rings. The minimum absolute atomic E-state index is 0.521. The lowest BCUT2D eigenvalue weighted by molar-refractivity contribution is 0.339. The predicted molar refractivity (Wildman–Crippen MR) is 47.9 cm³/mol. The smallest absolute Gasteiger partial charge is 0.0950 e. The van der Waals surface area contributed by atoms with Gasteiger partial charge in [-0.1, -0.05) is 6.42 Å². The third-order valence-electron chi connectivity index (χ3n) is 2.56. The van der Waals surface area contributed by atoms with Crippen molar-refractivity contribution in [2.75, 3.05) is 0 Å². The van der Waals surface area contributed by atoms with Crippen LogP contribution in [0.1, 0.15) is 37.8 Å². The van der Waals surface area contributed by atoms with Crippen LogP contribution in [0, 0.1) is 0 Å². The molecule has 0 bridgehead atoms. The zero-order chi connectivity index (χ0) is 8.39. The molecule has 1 aromatic rings. The van der Waals surface area contributed by atoms with Gasteiger partial charge in [0.2, 0.25) is 0 Å². The maximum absolute atomic E-state index is 5.06. The van der Waals surface area contributed by atoms with E-state index in [1.54, 1.807) is 6.26 Å². The second-order valence-corrected chi connectivity index (χ2v) is 3.61. The second-order valence-electron chi connectivity index (χ2n) is 3.61. The van der Waals surface area contributed by atoms with E-state index in [0.29, 0.717) is 12.1 Å². The summed E-state index contributed by atoms with van der Waals surface area (Å²) in [6.45, 7) is 2.24. The van der Waals surface area contributed by atoms with Crippen LogP contribution in [0.5, 0.6) is 0 Å². The molecule has 0 aromatic carbocycles. The highest BCUT2D eigenvalue weighted by atomic mass is 16.3. The van der Waals surface area contributed by atoms with Crippen molar-refractivity contribution in [3.05, 3.63) is 24.2 Å². The van der Waals surface area contributed by atoms with Crippen LogP contribution < -0.4 is 5.32 Å². The lowest BCUT2D eigenvalue weighted by Gasteiger charge is -2.27. The van der Waals surface area contributed by atoms with Crippen molar-refractivity contribution in [1.29, 1.82) is 0 Å². The van der Waals surface area contributed by atoms with Gasteiger partial charge in [0.05, 0.1) is 12.5 Å². The third kappa shape index (κ3) is 1.53. The Bertz CT molecular complexity index is 230. The van der Waals surface area contributed by atoms with Crippen LogP contribution in [-0.4, -0.2) is 6.04 Å². The molecular formula is C10H15NO. The fourth-order valence-electron chi connectivity index (χ4n) is 1.87. The summed E-state index contributed by atoms with van der Waals surface area (Å²) < 4.78 is 5.06. The summed E-state index contributed by atoms with van der Waals surface area (Å²) in [5.41, 5.74) is 1.29. The van der Waals surface area contributed by atoms with Gasteiger partial charge >= 0.3 is 0 Å². The molecule has 1 aromatic heterocycles. The Morgan fingerprint density at radius 2 is 2.42 bits per heavy atom. The topological polar surface area (TPSA) is 25.2 Å². The van der Waals surface area contributed by atoms with Crippen molar-refractivity contribution < 1.29 is 4.42 Å². The Balaban J connectivity index is 2.04. The van der Waals surface area contributed by atoms with Gasteiger partial charge in [0.1, 0.15) is 0 Å². The van der Waals surface area contributed by atoms with E-state index in [0.717, 1.165) is 0 Å². The summed E-state index contributed by atoms with van der Waals surface area (Å²) in [4.78, 5) is 0. The lowest BCUT2D eigenvalue weighted by Crippen LogP contribution is -2.34. The summed E-state index contributed by atoms with van der Waals surface area (Å²) >= 11 is 0. The van der Waals surface area contributed by atoms with Gasteiger partial charge in [0.25, 0.3) is 0 Å². The zero-order valence-corrected chi connectivity index (χ0v) is 7.42. The third-order valence-corrected chi connectivity index (χ3v) is 2.56. The molecule has 2 heteroatoms. The van der Waals surface area contributed by atoms with Gasteiger partial charge in [-0.05, 0) is 25.8 Å². The molecular weight excluding hydrogens is 150 g/mol. The molecule has 0 amide bonds. The first-order valence-corrected chi connectivity index (χ1v) is 4.64. The minimum atomic E-state index is 0.521. The normalized spacial score (nSPS) is 30.4. The molecule has 1 saturated heterocycles. The molecule has 2 atom stereocenters. The Hall–Kier alpha value is -0.760. The van der Waals surface area contributed by atoms with E-state index >= 15 is 0 Å². The summed E-state index contributed by atoms with van der Waals surface area (Å²) in [5.74, 6) is 0. The average Bonchev–Trinajstić information content (AvgIpc) is 2.56. The number of hydrogen-bond donors (Lipinski definition) is 1. The van der Waals surface area contributed by atoms with E-state index in [1.807, 2.05) is 6.26 Å². The standard InChI is InChI=1S/C10H15NO/c1-8-3-2-4-10(11-8)9-5-6-12-7-9/h5-8,10-11H,2-4H2,1H3/t8-,10-/m1/s1. The molecule has 0 spiro atoms. The highest BCUT2D eigenvalue weighted by Crippen LogP contribution is 2.25. The molecule has 0 radical (unpaired) electrons. The zero-order valence-electron chi connectivity index (χ0n) is 7.42.